The van der Waals surface area contributed by atoms with E-state index in [2.05, 4.69) is 19.9 Å². The summed E-state index contributed by atoms with van der Waals surface area (Å²) in [5.41, 5.74) is 1.29. The van der Waals surface area contributed by atoms with E-state index in [9.17, 15) is 23.2 Å². The van der Waals surface area contributed by atoms with Crippen LogP contribution in [0, 0.1) is 18.3 Å². The van der Waals surface area contributed by atoms with Crippen molar-refractivity contribution < 1.29 is 22.6 Å². The molecule has 0 aliphatic rings. The van der Waals surface area contributed by atoms with E-state index in [1.807, 2.05) is 6.07 Å². The number of methoxy groups -OCH3 is 1. The summed E-state index contributed by atoms with van der Waals surface area (Å²) in [5.74, 6) is 0.349. The monoisotopic (exact) mass is 573 g/mol. The Kier molecular flexibility index (Phi) is 8.42. The second-order valence-corrected chi connectivity index (χ2v) is 9.53. The molecule has 0 bridgehead atoms. The van der Waals surface area contributed by atoms with Crippen molar-refractivity contribution >= 4 is 23.4 Å². The van der Waals surface area contributed by atoms with Crippen molar-refractivity contribution in [2.75, 3.05) is 7.11 Å². The van der Waals surface area contributed by atoms with Gasteiger partial charge < -0.3 is 14.5 Å². The summed E-state index contributed by atoms with van der Waals surface area (Å²) >= 11 is 6.92. The van der Waals surface area contributed by atoms with Gasteiger partial charge >= 0.3 is 12.2 Å². The average Bonchev–Trinajstić information content (AvgIpc) is 2.91. The Labute approximate surface area is 229 Å². The van der Waals surface area contributed by atoms with Crippen LogP contribution in [0.5, 0.6) is 17.5 Å². The van der Waals surface area contributed by atoms with Crippen LogP contribution in [-0.4, -0.2) is 27.0 Å². The van der Waals surface area contributed by atoms with E-state index >= 15 is 0 Å². The highest BCUT2D eigenvalue weighted by atomic mass is 35.5. The fourth-order valence-electron chi connectivity index (χ4n) is 3.51. The zero-order chi connectivity index (χ0) is 28.2. The topological polar surface area (TPSA) is 114 Å². The number of aromatic amines is 1. The van der Waals surface area contributed by atoms with E-state index in [0.29, 0.717) is 28.6 Å². The van der Waals surface area contributed by atoms with Crippen LogP contribution >= 0.6 is 23.4 Å². The standard InChI is InChI=1S/C26H19ClF3N5O3S/c1-14-19(8-16-11-32-24(37-2)33-12-16)23(36)35-25(34-14)39-13-15-3-6-22(17(7-15)10-31)38-18-4-5-21(27)20(9-18)26(28,29)30/h3-7,9,11-12H,8,13H2,1-2H3,(H,34,35,36). The Morgan fingerprint density at radius 3 is 2.51 bits per heavy atom. The summed E-state index contributed by atoms with van der Waals surface area (Å²) in [4.78, 5) is 28.0. The van der Waals surface area contributed by atoms with Crippen LogP contribution < -0.4 is 15.0 Å². The van der Waals surface area contributed by atoms with Gasteiger partial charge in [-0.2, -0.15) is 18.4 Å². The number of thioether (sulfide) groups is 1. The number of nitriles is 1. The Hall–Kier alpha value is -4.08. The van der Waals surface area contributed by atoms with E-state index in [-0.39, 0.29) is 28.6 Å². The third-order valence-electron chi connectivity index (χ3n) is 5.46. The molecule has 39 heavy (non-hydrogen) atoms. The minimum Gasteiger partial charge on any atom is -0.467 e. The van der Waals surface area contributed by atoms with Crippen molar-refractivity contribution in [3.63, 3.8) is 0 Å². The molecule has 0 saturated carbocycles. The van der Waals surface area contributed by atoms with E-state index in [1.165, 1.54) is 31.0 Å². The van der Waals surface area contributed by atoms with Gasteiger partial charge in [-0.05, 0) is 48.4 Å². The maximum absolute atomic E-state index is 13.2. The van der Waals surface area contributed by atoms with Crippen molar-refractivity contribution in [1.29, 1.82) is 5.26 Å². The fraction of sp³-hybridized carbons (Fsp3) is 0.192. The lowest BCUT2D eigenvalue weighted by molar-refractivity contribution is -0.137. The summed E-state index contributed by atoms with van der Waals surface area (Å²) in [6.07, 6.45) is -1.19. The molecule has 4 rings (SSSR count). The van der Waals surface area contributed by atoms with E-state index in [0.717, 1.165) is 23.3 Å². The van der Waals surface area contributed by atoms with Crippen LogP contribution in [-0.2, 0) is 18.3 Å². The number of nitrogens with one attached hydrogen (secondary N) is 1. The van der Waals surface area contributed by atoms with Crippen LogP contribution in [0.2, 0.25) is 5.02 Å². The Morgan fingerprint density at radius 1 is 1.13 bits per heavy atom. The molecular weight excluding hydrogens is 555 g/mol. The maximum Gasteiger partial charge on any atom is 0.417 e. The third kappa shape index (κ3) is 6.87. The van der Waals surface area contributed by atoms with Gasteiger partial charge in [0.1, 0.15) is 17.6 Å². The summed E-state index contributed by atoms with van der Waals surface area (Å²) < 4.78 is 50.0. The van der Waals surface area contributed by atoms with Crippen molar-refractivity contribution in [3.8, 4) is 23.6 Å². The van der Waals surface area contributed by atoms with Gasteiger partial charge in [-0.15, -0.1) is 0 Å². The Morgan fingerprint density at radius 2 is 1.87 bits per heavy atom. The zero-order valence-electron chi connectivity index (χ0n) is 20.5. The number of rotatable bonds is 8. The summed E-state index contributed by atoms with van der Waals surface area (Å²) in [7, 11) is 1.46. The molecule has 0 amide bonds. The number of aryl methyl sites for hydroxylation is 1. The van der Waals surface area contributed by atoms with Gasteiger partial charge in [0.05, 0.1) is 23.3 Å². The maximum atomic E-state index is 13.2. The number of aromatic nitrogens is 4. The van der Waals surface area contributed by atoms with Crippen molar-refractivity contribution in [3.05, 3.63) is 97.7 Å². The van der Waals surface area contributed by atoms with Gasteiger partial charge in [0, 0.05) is 35.8 Å². The van der Waals surface area contributed by atoms with Gasteiger partial charge in [-0.25, -0.2) is 15.0 Å². The molecular formula is C26H19ClF3N5O3S. The van der Waals surface area contributed by atoms with Crippen LogP contribution in [0.15, 0.2) is 58.7 Å². The highest BCUT2D eigenvalue weighted by Gasteiger charge is 2.33. The van der Waals surface area contributed by atoms with Gasteiger partial charge in [-0.1, -0.05) is 29.4 Å². The molecule has 13 heteroatoms. The molecule has 4 aromatic rings. The average molecular weight is 574 g/mol. The van der Waals surface area contributed by atoms with Crippen molar-refractivity contribution in [2.45, 2.75) is 30.4 Å². The molecule has 2 aromatic carbocycles. The summed E-state index contributed by atoms with van der Waals surface area (Å²) in [6, 6.07) is 10.1. The Bertz CT molecular complexity index is 1600. The first kappa shape index (κ1) is 27.9. The zero-order valence-corrected chi connectivity index (χ0v) is 22.0. The Balaban J connectivity index is 1.46. The number of H-pyrrole nitrogens is 1. The SMILES string of the molecule is COc1ncc(Cc2c(C)nc(SCc3ccc(Oc4ccc(Cl)c(C(F)(F)F)c4)c(C#N)c3)[nH]c2=O)cn1. The lowest BCUT2D eigenvalue weighted by Gasteiger charge is -2.13. The molecule has 2 heterocycles. The smallest absolute Gasteiger partial charge is 0.417 e. The fourth-order valence-corrected chi connectivity index (χ4v) is 4.59. The summed E-state index contributed by atoms with van der Waals surface area (Å²) in [6.45, 7) is 1.74. The second kappa shape index (κ2) is 11.8. The van der Waals surface area contributed by atoms with E-state index in [1.54, 1.807) is 31.5 Å². The molecule has 200 valence electrons. The highest BCUT2D eigenvalue weighted by Crippen LogP contribution is 2.38. The molecule has 0 saturated heterocycles. The van der Waals surface area contributed by atoms with Gasteiger partial charge in [0.2, 0.25) is 0 Å². The first-order valence-electron chi connectivity index (χ1n) is 11.2. The molecule has 8 nitrogen and oxygen atoms in total. The van der Waals surface area contributed by atoms with E-state index in [4.69, 9.17) is 21.1 Å². The molecule has 2 aromatic heterocycles. The number of hydrogen-bond donors (Lipinski definition) is 1. The quantitative estimate of drug-likeness (QED) is 0.199. The molecule has 0 spiro atoms. The highest BCUT2D eigenvalue weighted by molar-refractivity contribution is 7.98. The van der Waals surface area contributed by atoms with Crippen LogP contribution in [0.1, 0.15) is 33.5 Å². The number of alkyl halides is 3. The normalized spacial score (nSPS) is 11.2. The predicted octanol–water partition coefficient (Wildman–Crippen LogP) is 6.10. The second-order valence-electron chi connectivity index (χ2n) is 8.16. The minimum atomic E-state index is -4.65. The van der Waals surface area contributed by atoms with Gasteiger partial charge in [0.15, 0.2) is 5.16 Å². The lowest BCUT2D eigenvalue weighted by atomic mass is 10.1. The molecule has 0 aliphatic carbocycles. The number of nitrogens with zero attached hydrogens (tertiary/aromatic N) is 4. The molecule has 0 radical (unpaired) electrons. The predicted molar refractivity (Wildman–Crippen MR) is 138 cm³/mol. The number of ether oxygens (including phenoxy) is 2. The number of benzene rings is 2. The van der Waals surface area contributed by atoms with Gasteiger partial charge in [0.25, 0.3) is 5.56 Å². The molecule has 0 unspecified atom stereocenters. The number of halogens is 4. The molecule has 1 N–H and O–H groups in total. The molecule has 0 fully saturated rings. The van der Waals surface area contributed by atoms with Crippen LogP contribution in [0.3, 0.4) is 0 Å². The minimum absolute atomic E-state index is 0.0935. The van der Waals surface area contributed by atoms with Crippen LogP contribution in [0.25, 0.3) is 0 Å². The number of hydrogen-bond acceptors (Lipinski definition) is 8. The first-order valence-corrected chi connectivity index (χ1v) is 12.6. The first-order chi connectivity index (χ1) is 18.6. The van der Waals surface area contributed by atoms with Crippen molar-refractivity contribution in [2.24, 2.45) is 0 Å². The molecule has 0 atom stereocenters. The third-order valence-corrected chi connectivity index (χ3v) is 6.73. The summed E-state index contributed by atoms with van der Waals surface area (Å²) in [5, 5.41) is 9.52. The van der Waals surface area contributed by atoms with Crippen molar-refractivity contribution in [1.82, 2.24) is 19.9 Å². The van der Waals surface area contributed by atoms with E-state index < -0.39 is 16.8 Å². The van der Waals surface area contributed by atoms with Gasteiger partial charge in [-0.3, -0.25) is 4.79 Å². The van der Waals surface area contributed by atoms with Crippen LogP contribution in [0.4, 0.5) is 13.2 Å². The molecule has 0 aliphatic heterocycles. The largest absolute Gasteiger partial charge is 0.467 e. The lowest BCUT2D eigenvalue weighted by Crippen LogP contribution is -2.18.